The molecular formula is C49H45N5. The first kappa shape index (κ1) is 35.0. The number of aromatic nitrogens is 1. The van der Waals surface area contributed by atoms with Gasteiger partial charge in [-0.2, -0.15) is 15.8 Å². The van der Waals surface area contributed by atoms with E-state index < -0.39 is 5.92 Å². The van der Waals surface area contributed by atoms with Gasteiger partial charge >= 0.3 is 0 Å². The van der Waals surface area contributed by atoms with Crippen LogP contribution in [0.2, 0.25) is 0 Å². The second kappa shape index (κ2) is 15.1. The number of hydrogen-bond acceptors (Lipinski definition) is 4. The molecule has 0 N–H and O–H groups in total. The minimum Gasteiger partial charge on any atom is -0.336 e. The maximum atomic E-state index is 10.8. The van der Waals surface area contributed by atoms with Gasteiger partial charge in [0.2, 0.25) is 0 Å². The zero-order valence-electron chi connectivity index (χ0n) is 31.0. The van der Waals surface area contributed by atoms with Crippen molar-refractivity contribution in [3.63, 3.8) is 0 Å². The molecule has 0 saturated carbocycles. The Labute approximate surface area is 319 Å². The van der Waals surface area contributed by atoms with Gasteiger partial charge in [-0.25, -0.2) is 0 Å². The maximum Gasteiger partial charge on any atom is 0.0924 e. The average molecular weight is 704 g/mol. The molecule has 54 heavy (non-hydrogen) atoms. The van der Waals surface area contributed by atoms with Crippen LogP contribution in [0, 0.1) is 57.7 Å². The zero-order valence-corrected chi connectivity index (χ0v) is 31.0. The van der Waals surface area contributed by atoms with Gasteiger partial charge in [-0.3, -0.25) is 0 Å². The molecule has 2 bridgehead atoms. The molecule has 5 atom stereocenters. The molecule has 8 rings (SSSR count). The Kier molecular flexibility index (Phi) is 9.78. The van der Waals surface area contributed by atoms with Crippen molar-refractivity contribution >= 4 is 28.2 Å². The predicted octanol–water partition coefficient (Wildman–Crippen LogP) is 11.3. The number of nitriles is 3. The van der Waals surface area contributed by atoms with Crippen molar-refractivity contribution in [3.05, 3.63) is 161 Å². The van der Waals surface area contributed by atoms with E-state index in [1.807, 2.05) is 12.2 Å². The summed E-state index contributed by atoms with van der Waals surface area (Å²) in [6.45, 7) is 6.95. The van der Waals surface area contributed by atoms with E-state index in [-0.39, 0.29) is 30.2 Å². The van der Waals surface area contributed by atoms with E-state index in [4.69, 9.17) is 0 Å². The highest BCUT2D eigenvalue weighted by Gasteiger charge is 2.37. The van der Waals surface area contributed by atoms with Crippen LogP contribution in [0.5, 0.6) is 0 Å². The number of fused-ring (bicyclic) bond motifs is 6. The molecule has 5 heteroatoms. The smallest absolute Gasteiger partial charge is 0.0924 e. The molecule has 5 nitrogen and oxygen atoms in total. The number of para-hydroxylation sites is 2. The first-order valence-electron chi connectivity index (χ1n) is 19.4. The first-order valence-corrected chi connectivity index (χ1v) is 19.4. The lowest BCUT2D eigenvalue weighted by molar-refractivity contribution is 0.533. The summed E-state index contributed by atoms with van der Waals surface area (Å²) in [6.07, 6.45) is 30.2. The molecule has 2 aromatic carbocycles. The van der Waals surface area contributed by atoms with Crippen molar-refractivity contribution in [3.8, 4) is 18.2 Å². The highest BCUT2D eigenvalue weighted by Crippen LogP contribution is 2.46. The third-order valence-corrected chi connectivity index (χ3v) is 11.9. The third-order valence-electron chi connectivity index (χ3n) is 11.9. The second-order valence-electron chi connectivity index (χ2n) is 15.1. The fraction of sp³-hybridized carbons (Fsp3) is 0.286. The summed E-state index contributed by atoms with van der Waals surface area (Å²) in [4.78, 5) is 2.40. The lowest BCUT2D eigenvalue weighted by Gasteiger charge is -2.42. The van der Waals surface area contributed by atoms with Gasteiger partial charge in [0.15, 0.2) is 0 Å². The standard InChI is InChI=1S/C49H45N5/c1-3-33(2)45(31-52)49(54-40-14-5-4-12-39(29-40)41-15-6-9-18-48(41)54)42(25-26-50)37-22-20-36(21-23-37)38-13-10-11-35(27-38)32-53-46-17-8-7-16-43(46)44-28-34(30-51)19-24-47(44)53/h3-4,6-9,11-12,15-22,24,27,29,33-34,37,40,45H,1,5,10,13-14,23,25,28,32H2,2H3/b49-42-. The largest absolute Gasteiger partial charge is 0.336 e. The number of anilines is 1. The van der Waals surface area contributed by atoms with Crippen molar-refractivity contribution in [2.45, 2.75) is 64.5 Å². The number of nitrogens with zero attached hydrogens (tertiary/aromatic N) is 5. The Morgan fingerprint density at radius 2 is 1.83 bits per heavy atom. The van der Waals surface area contributed by atoms with Crippen molar-refractivity contribution < 1.29 is 0 Å². The second-order valence-corrected chi connectivity index (χ2v) is 15.1. The summed E-state index contributed by atoms with van der Waals surface area (Å²) in [5.74, 6) is -0.633. The first-order chi connectivity index (χ1) is 26.5. The fourth-order valence-corrected chi connectivity index (χ4v) is 9.15. The molecule has 0 fully saturated rings. The van der Waals surface area contributed by atoms with Gasteiger partial charge < -0.3 is 9.47 Å². The van der Waals surface area contributed by atoms with Gasteiger partial charge in [0.1, 0.15) is 0 Å². The van der Waals surface area contributed by atoms with E-state index >= 15 is 0 Å². The Hall–Kier alpha value is -6.09. The molecule has 266 valence electrons. The van der Waals surface area contributed by atoms with Gasteiger partial charge in [-0.05, 0) is 96.1 Å². The van der Waals surface area contributed by atoms with Gasteiger partial charge in [-0.15, -0.1) is 6.58 Å². The molecule has 5 unspecified atom stereocenters. The SMILES string of the molecule is C=CC(C)C(C#N)/C(=C(\CC#N)C1C=CC(C2=CC(Cn3c4c(c5ccccc53)CC(C#N)C=C4)=CCC2)=CC1)N1c2ccccc2C2=CC1CCC=C2. The fourth-order valence-electron chi connectivity index (χ4n) is 9.15. The topological polar surface area (TPSA) is 79.5 Å². The Balaban J connectivity index is 1.12. The zero-order chi connectivity index (χ0) is 37.2. The highest BCUT2D eigenvalue weighted by molar-refractivity contribution is 5.89. The molecule has 2 heterocycles. The van der Waals surface area contributed by atoms with E-state index in [0.717, 1.165) is 67.6 Å². The quantitative estimate of drug-likeness (QED) is 0.208. The predicted molar refractivity (Wildman–Crippen MR) is 219 cm³/mol. The molecule has 0 saturated heterocycles. The number of rotatable bonds is 9. The minimum absolute atomic E-state index is 0.00121. The molecule has 4 aliphatic carbocycles. The molecule has 5 aliphatic rings. The number of allylic oxidation sites excluding steroid dienone is 15. The van der Waals surface area contributed by atoms with E-state index in [0.29, 0.717) is 0 Å². The van der Waals surface area contributed by atoms with Gasteiger partial charge in [0, 0.05) is 46.0 Å². The lowest BCUT2D eigenvalue weighted by atomic mass is 9.79. The van der Waals surface area contributed by atoms with Crippen LogP contribution in [0.15, 0.2) is 144 Å². The lowest BCUT2D eigenvalue weighted by Crippen LogP contribution is -2.40. The Bertz CT molecular complexity index is 2400. The third kappa shape index (κ3) is 6.33. The summed E-state index contributed by atoms with van der Waals surface area (Å²) in [5.41, 5.74) is 13.1. The van der Waals surface area contributed by atoms with Crippen molar-refractivity contribution in [1.82, 2.24) is 4.57 Å². The molecular weight excluding hydrogens is 659 g/mol. The molecule has 3 aromatic rings. The molecule has 1 aromatic heterocycles. The summed E-state index contributed by atoms with van der Waals surface area (Å²) >= 11 is 0. The van der Waals surface area contributed by atoms with Crippen LogP contribution >= 0.6 is 0 Å². The molecule has 0 radical (unpaired) electrons. The van der Waals surface area contributed by atoms with Crippen LogP contribution < -0.4 is 4.90 Å². The Morgan fingerprint density at radius 1 is 0.981 bits per heavy atom. The van der Waals surface area contributed by atoms with Crippen molar-refractivity contribution in [2.24, 2.45) is 23.7 Å². The number of benzene rings is 2. The van der Waals surface area contributed by atoms with Crippen molar-refractivity contribution in [1.29, 1.82) is 15.8 Å². The van der Waals surface area contributed by atoms with E-state index in [1.165, 1.54) is 44.5 Å². The number of hydrogen-bond donors (Lipinski definition) is 0. The summed E-state index contributed by atoms with van der Waals surface area (Å²) < 4.78 is 2.42. The van der Waals surface area contributed by atoms with E-state index in [9.17, 15) is 15.8 Å². The summed E-state index contributed by atoms with van der Waals surface area (Å²) in [5, 5.41) is 32.0. The van der Waals surface area contributed by atoms with E-state index in [1.54, 1.807) is 0 Å². The molecule has 0 amide bonds. The van der Waals surface area contributed by atoms with Crippen LogP contribution in [-0.4, -0.2) is 10.6 Å². The normalized spacial score (nSPS) is 22.8. The van der Waals surface area contributed by atoms with Crippen LogP contribution in [0.4, 0.5) is 5.69 Å². The minimum atomic E-state index is -0.450. The van der Waals surface area contributed by atoms with Gasteiger partial charge in [0.25, 0.3) is 0 Å². The summed E-state index contributed by atoms with van der Waals surface area (Å²) in [7, 11) is 0. The Morgan fingerprint density at radius 3 is 2.63 bits per heavy atom. The monoisotopic (exact) mass is 703 g/mol. The van der Waals surface area contributed by atoms with Gasteiger partial charge in [0.05, 0.1) is 42.5 Å². The van der Waals surface area contributed by atoms with Crippen LogP contribution in [-0.2, 0) is 13.0 Å². The van der Waals surface area contributed by atoms with Crippen LogP contribution in [0.25, 0.3) is 22.6 Å². The molecule has 0 spiro atoms. The van der Waals surface area contributed by atoms with Gasteiger partial charge in [-0.1, -0.05) is 104 Å². The van der Waals surface area contributed by atoms with Crippen molar-refractivity contribution in [2.75, 3.05) is 4.90 Å². The van der Waals surface area contributed by atoms with Crippen LogP contribution in [0.3, 0.4) is 0 Å². The maximum absolute atomic E-state index is 10.8. The van der Waals surface area contributed by atoms with Crippen LogP contribution in [0.1, 0.15) is 62.3 Å². The molecule has 1 aliphatic heterocycles. The van der Waals surface area contributed by atoms with E-state index in [2.05, 4.69) is 144 Å². The highest BCUT2D eigenvalue weighted by atomic mass is 15.2. The summed E-state index contributed by atoms with van der Waals surface area (Å²) in [6, 6.07) is 24.8. The average Bonchev–Trinajstić information content (AvgIpc) is 3.36.